The Labute approximate surface area is 182 Å². The topological polar surface area (TPSA) is 177 Å². The zero-order chi connectivity index (χ0) is 24.4. The fourth-order valence-corrected chi connectivity index (χ4v) is 4.45. The number of hydrogen-bond donors (Lipinski definition) is 1. The molecule has 2 aromatic rings. The van der Waals surface area contributed by atoms with Crippen LogP contribution >= 0.6 is 0 Å². The first-order valence-corrected chi connectivity index (χ1v) is 10.8. The summed E-state index contributed by atoms with van der Waals surface area (Å²) in [5.41, 5.74) is 2.87. The van der Waals surface area contributed by atoms with Gasteiger partial charge >= 0.3 is 11.4 Å². The first kappa shape index (κ1) is 24.7. The zero-order valence-corrected chi connectivity index (χ0v) is 18.7. The monoisotopic (exact) mass is 469 g/mol. The van der Waals surface area contributed by atoms with E-state index in [4.69, 9.17) is 10.5 Å². The Hall–Kier alpha value is -3.52. The van der Waals surface area contributed by atoms with E-state index in [1.807, 2.05) is 0 Å². The third kappa shape index (κ3) is 4.40. The van der Waals surface area contributed by atoms with Crippen molar-refractivity contribution in [3.63, 3.8) is 0 Å². The van der Waals surface area contributed by atoms with Gasteiger partial charge in [-0.05, 0) is 12.1 Å². The van der Waals surface area contributed by atoms with E-state index in [0.29, 0.717) is 4.57 Å². The van der Waals surface area contributed by atoms with Crippen molar-refractivity contribution in [3.05, 3.63) is 54.7 Å². The number of Topliss-reactive ketones (excluding diaryl/α,β-unsaturated/α-hetero) is 1. The number of carbonyl (C=O) groups excluding carboxylic acids is 1. The van der Waals surface area contributed by atoms with Gasteiger partial charge < -0.3 is 10.5 Å². The molecule has 2 rings (SSSR count). The van der Waals surface area contributed by atoms with Gasteiger partial charge in [-0.1, -0.05) is 13.8 Å². The van der Waals surface area contributed by atoms with Crippen LogP contribution in [0.3, 0.4) is 0 Å². The second kappa shape index (κ2) is 9.32. The first-order valence-electron chi connectivity index (χ1n) is 9.38. The summed E-state index contributed by atoms with van der Waals surface area (Å²) < 4.78 is 33.2. The number of ketones is 1. The Kier molecular flexibility index (Phi) is 7.20. The molecule has 1 aromatic carbocycles. The quantitative estimate of drug-likeness (QED) is 0.297. The average Bonchev–Trinajstić information content (AvgIpc) is 2.75. The van der Waals surface area contributed by atoms with E-state index < -0.39 is 49.8 Å². The normalized spacial score (nSPS) is 11.5. The smallest absolute Gasteiger partial charge is 0.332 e. The number of rotatable bonds is 9. The summed E-state index contributed by atoms with van der Waals surface area (Å²) in [6.45, 7) is 2.81. The number of ether oxygens (including phenoxy) is 1. The van der Waals surface area contributed by atoms with Crippen molar-refractivity contribution in [2.75, 3.05) is 25.4 Å². The van der Waals surface area contributed by atoms with E-state index in [0.717, 1.165) is 27.1 Å². The van der Waals surface area contributed by atoms with E-state index in [-0.39, 0.29) is 29.6 Å². The van der Waals surface area contributed by atoms with Crippen molar-refractivity contribution in [1.29, 1.82) is 0 Å². The lowest BCUT2D eigenvalue weighted by Crippen LogP contribution is -2.42. The molecule has 0 unspecified atom stereocenters. The first-order chi connectivity index (χ1) is 14.9. The van der Waals surface area contributed by atoms with Crippen LogP contribution in [-0.2, 0) is 24.1 Å². The van der Waals surface area contributed by atoms with Crippen LogP contribution in [0.1, 0.15) is 24.2 Å². The number of aromatic nitrogens is 2. The lowest BCUT2D eigenvalue weighted by Gasteiger charge is -2.18. The molecule has 0 radical (unpaired) electrons. The molecule has 0 aliphatic carbocycles. The highest BCUT2D eigenvalue weighted by atomic mass is 32.2. The number of nitrogens with zero attached hydrogens (tertiary/aromatic N) is 4. The van der Waals surface area contributed by atoms with Gasteiger partial charge in [0.2, 0.25) is 15.8 Å². The molecule has 174 valence electrons. The fraction of sp³-hybridized carbons (Fsp3) is 0.389. The van der Waals surface area contributed by atoms with Gasteiger partial charge in [0.25, 0.3) is 5.56 Å². The van der Waals surface area contributed by atoms with Crippen LogP contribution in [-0.4, -0.2) is 52.3 Å². The minimum Gasteiger partial charge on any atom is -0.478 e. The Balaban J connectivity index is 2.41. The zero-order valence-electron chi connectivity index (χ0n) is 17.9. The van der Waals surface area contributed by atoms with E-state index in [2.05, 4.69) is 0 Å². The molecule has 0 spiro atoms. The molecule has 1 aromatic heterocycles. The van der Waals surface area contributed by atoms with Gasteiger partial charge in [0.15, 0.2) is 12.4 Å². The average molecular weight is 469 g/mol. The molecule has 0 amide bonds. The van der Waals surface area contributed by atoms with Crippen LogP contribution in [0.5, 0.6) is 5.75 Å². The number of benzene rings is 1. The number of nitro benzene ring substituents is 1. The van der Waals surface area contributed by atoms with Crippen LogP contribution in [0.2, 0.25) is 0 Å². The largest absolute Gasteiger partial charge is 0.478 e. The van der Waals surface area contributed by atoms with Gasteiger partial charge in [0.1, 0.15) is 11.4 Å². The molecule has 0 aliphatic heterocycles. The van der Waals surface area contributed by atoms with E-state index in [1.165, 1.54) is 14.1 Å². The lowest BCUT2D eigenvalue weighted by atomic mass is 10.2. The van der Waals surface area contributed by atoms with Crippen LogP contribution in [0.25, 0.3) is 0 Å². The minimum atomic E-state index is -3.96. The summed E-state index contributed by atoms with van der Waals surface area (Å²) in [5, 5.41) is 11.5. The van der Waals surface area contributed by atoms with Crippen molar-refractivity contribution in [1.82, 2.24) is 13.4 Å². The van der Waals surface area contributed by atoms with Gasteiger partial charge in [-0.15, -0.1) is 0 Å². The molecular formula is C18H23N5O8S. The molecule has 14 heteroatoms. The molecule has 0 saturated heterocycles. The van der Waals surface area contributed by atoms with Gasteiger partial charge in [-0.25, -0.2) is 13.2 Å². The minimum absolute atomic E-state index is 0.176. The predicted molar refractivity (Wildman–Crippen MR) is 114 cm³/mol. The van der Waals surface area contributed by atoms with Crippen LogP contribution in [0.15, 0.2) is 32.7 Å². The number of carbonyl (C=O) groups is 1. The Morgan fingerprint density at radius 2 is 1.78 bits per heavy atom. The van der Waals surface area contributed by atoms with Gasteiger partial charge in [-0.2, -0.15) is 4.31 Å². The molecule has 13 nitrogen and oxygen atoms in total. The molecule has 32 heavy (non-hydrogen) atoms. The Morgan fingerprint density at radius 3 is 2.31 bits per heavy atom. The fourth-order valence-electron chi connectivity index (χ4n) is 2.97. The second-order valence-electron chi connectivity index (χ2n) is 6.65. The van der Waals surface area contributed by atoms with Crippen molar-refractivity contribution in [3.8, 4) is 5.75 Å². The standard InChI is InChI=1S/C18H23N5O8S/c1-5-22(6-2)32(29,30)11-7-8-14(12(9-11)23(27)28)31-10-13(24)15-16(19)20(3)18(26)21(4)17(15)25/h7-9H,5-6,10,19H2,1-4H3. The highest BCUT2D eigenvalue weighted by molar-refractivity contribution is 7.89. The summed E-state index contributed by atoms with van der Waals surface area (Å²) >= 11 is 0. The van der Waals surface area contributed by atoms with Gasteiger partial charge in [0.05, 0.1) is 9.82 Å². The summed E-state index contributed by atoms with van der Waals surface area (Å²) in [6.07, 6.45) is 0. The van der Waals surface area contributed by atoms with Gasteiger partial charge in [-0.3, -0.25) is 28.8 Å². The van der Waals surface area contributed by atoms with Crippen molar-refractivity contribution in [2.24, 2.45) is 14.1 Å². The van der Waals surface area contributed by atoms with Crippen LogP contribution in [0.4, 0.5) is 11.5 Å². The highest BCUT2D eigenvalue weighted by Gasteiger charge is 2.27. The van der Waals surface area contributed by atoms with Crippen LogP contribution < -0.4 is 21.7 Å². The van der Waals surface area contributed by atoms with Gasteiger partial charge in [0, 0.05) is 33.3 Å². The Morgan fingerprint density at radius 1 is 1.19 bits per heavy atom. The van der Waals surface area contributed by atoms with Crippen molar-refractivity contribution in [2.45, 2.75) is 18.7 Å². The molecule has 0 atom stereocenters. The van der Waals surface area contributed by atoms with Crippen molar-refractivity contribution < 1.29 is 22.9 Å². The second-order valence-corrected chi connectivity index (χ2v) is 8.59. The molecule has 1 heterocycles. The van der Waals surface area contributed by atoms with E-state index in [1.54, 1.807) is 13.8 Å². The third-order valence-electron chi connectivity index (χ3n) is 4.82. The molecule has 0 bridgehead atoms. The third-order valence-corrected chi connectivity index (χ3v) is 6.86. The number of anilines is 1. The number of hydrogen-bond acceptors (Lipinski definition) is 9. The number of sulfonamides is 1. The molecule has 2 N–H and O–H groups in total. The highest BCUT2D eigenvalue weighted by Crippen LogP contribution is 2.31. The SMILES string of the molecule is CCN(CC)S(=O)(=O)c1ccc(OCC(=O)c2c(N)n(C)c(=O)n(C)c2=O)c([N+](=O)[O-])c1. The molecule has 0 aliphatic rings. The summed E-state index contributed by atoms with van der Waals surface area (Å²) in [5.74, 6) is -1.66. The maximum atomic E-state index is 12.6. The predicted octanol–water partition coefficient (Wildman–Crippen LogP) is -0.133. The molecular weight excluding hydrogens is 446 g/mol. The molecule has 0 saturated carbocycles. The summed E-state index contributed by atoms with van der Waals surface area (Å²) in [7, 11) is -1.52. The number of nitrogen functional groups attached to an aromatic ring is 1. The van der Waals surface area contributed by atoms with Crippen molar-refractivity contribution >= 4 is 27.3 Å². The van der Waals surface area contributed by atoms with E-state index in [9.17, 15) is 32.9 Å². The lowest BCUT2D eigenvalue weighted by molar-refractivity contribution is -0.386. The molecule has 0 fully saturated rings. The van der Waals surface area contributed by atoms with E-state index >= 15 is 0 Å². The number of nitro groups is 1. The maximum absolute atomic E-state index is 12.6. The maximum Gasteiger partial charge on any atom is 0.332 e. The van der Waals surface area contributed by atoms with Crippen LogP contribution in [0, 0.1) is 10.1 Å². The summed E-state index contributed by atoms with van der Waals surface area (Å²) in [4.78, 5) is 47.0. The Bertz CT molecular complexity index is 1290. The summed E-state index contributed by atoms with van der Waals surface area (Å²) in [6, 6.07) is 3.02. The number of nitrogens with two attached hydrogens (primary N) is 1.